The van der Waals surface area contributed by atoms with E-state index in [1.807, 2.05) is 64.1 Å². The molecule has 4 aliphatic rings. The first kappa shape index (κ1) is 30.9. The quantitative estimate of drug-likeness (QED) is 0.406. The highest BCUT2D eigenvalue weighted by atomic mass is 16.6. The second kappa shape index (κ2) is 11.9. The van der Waals surface area contributed by atoms with Gasteiger partial charge in [-0.3, -0.25) is 19.2 Å². The van der Waals surface area contributed by atoms with Crippen molar-refractivity contribution in [1.29, 1.82) is 0 Å². The first-order valence-electron chi connectivity index (χ1n) is 15.3. The molecular formula is C33H43N3O7. The highest BCUT2D eigenvalue weighted by Gasteiger charge is 2.72. The molecule has 8 atom stereocenters. The van der Waals surface area contributed by atoms with E-state index in [4.69, 9.17) is 9.47 Å². The first-order chi connectivity index (χ1) is 20.4. The van der Waals surface area contributed by atoms with E-state index >= 15 is 0 Å². The Balaban J connectivity index is 1.64. The molecule has 2 saturated heterocycles. The number of esters is 1. The molecule has 0 aromatic heterocycles. The molecule has 2 N–H and O–H groups in total. The van der Waals surface area contributed by atoms with Crippen LogP contribution in [0.5, 0.6) is 0 Å². The lowest BCUT2D eigenvalue weighted by Gasteiger charge is -2.42. The maximum atomic E-state index is 14.5. The van der Waals surface area contributed by atoms with Crippen LogP contribution in [0.3, 0.4) is 0 Å². The minimum Gasteiger partial charge on any atom is -0.455 e. The van der Waals surface area contributed by atoms with E-state index in [0.29, 0.717) is 24.9 Å². The van der Waals surface area contributed by atoms with Crippen molar-refractivity contribution in [3.05, 3.63) is 60.2 Å². The maximum Gasteiger partial charge on any atom is 0.313 e. The molecule has 1 aromatic carbocycles. The number of hydrogen-bond acceptors (Lipinski definition) is 7. The molecule has 43 heavy (non-hydrogen) atoms. The third-order valence-electron chi connectivity index (χ3n) is 9.17. The molecule has 5 rings (SSSR count). The van der Waals surface area contributed by atoms with Gasteiger partial charge in [-0.1, -0.05) is 61.6 Å². The van der Waals surface area contributed by atoms with Gasteiger partial charge in [-0.05, 0) is 46.1 Å². The number of amides is 3. The molecule has 0 bridgehead atoms. The summed E-state index contributed by atoms with van der Waals surface area (Å²) >= 11 is 0. The molecule has 4 heterocycles. The lowest BCUT2D eigenvalue weighted by Crippen LogP contribution is -2.60. The van der Waals surface area contributed by atoms with Crippen molar-refractivity contribution in [2.45, 2.75) is 95.4 Å². The van der Waals surface area contributed by atoms with Crippen molar-refractivity contribution < 1.29 is 33.8 Å². The highest BCUT2D eigenvalue weighted by Crippen LogP contribution is 2.54. The van der Waals surface area contributed by atoms with Crippen LogP contribution in [-0.4, -0.2) is 87.1 Å². The van der Waals surface area contributed by atoms with Crippen LogP contribution in [0, 0.1) is 11.8 Å². The predicted molar refractivity (Wildman–Crippen MR) is 158 cm³/mol. The van der Waals surface area contributed by atoms with Crippen LogP contribution in [0.1, 0.15) is 65.5 Å². The summed E-state index contributed by atoms with van der Waals surface area (Å²) in [5.74, 6) is -3.63. The van der Waals surface area contributed by atoms with Crippen molar-refractivity contribution in [3.63, 3.8) is 0 Å². The Bertz CT molecular complexity index is 1300. The highest BCUT2D eigenvalue weighted by molar-refractivity contribution is 5.99. The Labute approximate surface area is 253 Å². The fourth-order valence-electron chi connectivity index (χ4n) is 7.05. The summed E-state index contributed by atoms with van der Waals surface area (Å²) in [6.45, 7) is 9.41. The van der Waals surface area contributed by atoms with Gasteiger partial charge in [0.15, 0.2) is 0 Å². The topological polar surface area (TPSA) is 125 Å². The molecule has 0 saturated carbocycles. The molecule has 1 aromatic rings. The number of likely N-dealkylation sites (tertiary alicyclic amines) is 1. The smallest absolute Gasteiger partial charge is 0.313 e. The molecular weight excluding hydrogens is 550 g/mol. The van der Waals surface area contributed by atoms with E-state index in [2.05, 4.69) is 5.32 Å². The van der Waals surface area contributed by atoms with E-state index in [9.17, 15) is 24.3 Å². The molecule has 0 radical (unpaired) electrons. The van der Waals surface area contributed by atoms with Gasteiger partial charge in [0.2, 0.25) is 17.7 Å². The van der Waals surface area contributed by atoms with E-state index in [-0.39, 0.29) is 24.8 Å². The second-order valence-electron chi connectivity index (χ2n) is 12.9. The van der Waals surface area contributed by atoms with Gasteiger partial charge in [0.1, 0.15) is 23.7 Å². The lowest BCUT2D eigenvalue weighted by molar-refractivity contribution is -0.162. The van der Waals surface area contributed by atoms with Gasteiger partial charge in [0.05, 0.1) is 30.7 Å². The van der Waals surface area contributed by atoms with Gasteiger partial charge in [-0.25, -0.2) is 0 Å². The Morgan fingerprint density at radius 2 is 1.81 bits per heavy atom. The zero-order valence-corrected chi connectivity index (χ0v) is 25.6. The van der Waals surface area contributed by atoms with Crippen molar-refractivity contribution in [3.8, 4) is 0 Å². The average molecular weight is 594 g/mol. The largest absolute Gasteiger partial charge is 0.455 e. The number of carbonyl (C=O) groups is 4. The Morgan fingerprint density at radius 3 is 2.47 bits per heavy atom. The van der Waals surface area contributed by atoms with Crippen molar-refractivity contribution in [1.82, 2.24) is 15.1 Å². The van der Waals surface area contributed by atoms with Crippen LogP contribution in [0.4, 0.5) is 0 Å². The van der Waals surface area contributed by atoms with E-state index in [0.717, 1.165) is 0 Å². The summed E-state index contributed by atoms with van der Waals surface area (Å²) in [6, 6.07) is 6.93. The normalized spacial score (nSPS) is 34.7. The first-order valence-corrected chi connectivity index (χ1v) is 15.3. The lowest BCUT2D eigenvalue weighted by atomic mass is 9.77. The van der Waals surface area contributed by atoms with Gasteiger partial charge >= 0.3 is 5.97 Å². The molecule has 232 valence electrons. The monoisotopic (exact) mass is 593 g/mol. The summed E-state index contributed by atoms with van der Waals surface area (Å²) in [7, 11) is 0. The molecule has 2 fully saturated rings. The number of aliphatic hydroxyl groups is 1. The van der Waals surface area contributed by atoms with Gasteiger partial charge in [0.25, 0.3) is 0 Å². The van der Waals surface area contributed by atoms with Crippen molar-refractivity contribution in [2.24, 2.45) is 11.8 Å². The Morgan fingerprint density at radius 1 is 1.09 bits per heavy atom. The number of benzene rings is 1. The molecule has 10 heteroatoms. The molecule has 3 amide bonds. The number of nitrogens with zero attached hydrogens (tertiary/aromatic N) is 2. The minimum atomic E-state index is -1.45. The van der Waals surface area contributed by atoms with Crippen molar-refractivity contribution >= 4 is 23.7 Å². The summed E-state index contributed by atoms with van der Waals surface area (Å²) in [5.41, 5.74) is -1.29. The van der Waals surface area contributed by atoms with E-state index in [1.54, 1.807) is 30.1 Å². The average Bonchev–Trinajstić information content (AvgIpc) is 3.34. The predicted octanol–water partition coefficient (Wildman–Crippen LogP) is 2.67. The van der Waals surface area contributed by atoms with Crippen LogP contribution in [-0.2, 0) is 28.7 Å². The van der Waals surface area contributed by atoms with Gasteiger partial charge in [-0.2, -0.15) is 0 Å². The molecule has 0 unspecified atom stereocenters. The van der Waals surface area contributed by atoms with Gasteiger partial charge < -0.3 is 29.7 Å². The van der Waals surface area contributed by atoms with Gasteiger partial charge in [0, 0.05) is 18.5 Å². The number of cyclic esters (lactones) is 1. The van der Waals surface area contributed by atoms with Crippen LogP contribution in [0.25, 0.3) is 0 Å². The van der Waals surface area contributed by atoms with Crippen LogP contribution < -0.4 is 5.32 Å². The molecule has 1 spiro atoms. The number of aliphatic hydroxyl groups excluding tert-OH is 1. The fraction of sp³-hybridized carbons (Fsp3) is 0.576. The third-order valence-corrected chi connectivity index (χ3v) is 9.17. The number of fused-ring (bicyclic) bond motifs is 2. The number of ether oxygens (including phenoxy) is 2. The minimum absolute atomic E-state index is 0.172. The zero-order chi connectivity index (χ0) is 31.1. The van der Waals surface area contributed by atoms with E-state index < -0.39 is 65.2 Å². The summed E-state index contributed by atoms with van der Waals surface area (Å²) in [4.78, 5) is 59.1. The fourth-order valence-corrected chi connectivity index (χ4v) is 7.05. The van der Waals surface area contributed by atoms with E-state index in [1.165, 1.54) is 4.90 Å². The second-order valence-corrected chi connectivity index (χ2v) is 12.9. The maximum absolute atomic E-state index is 14.5. The number of nitrogens with one attached hydrogen (secondary N) is 1. The summed E-state index contributed by atoms with van der Waals surface area (Å²) in [6.07, 6.45) is 6.50. The number of allylic oxidation sites excluding steroid dienone is 1. The standard InChI is InChI=1S/C33H43N3O7/c1-6-22(19-37)36-28-30(40)35(32(3,4)5)18-12-17-33(28)26(29(36)39)25-23(43-33)15-10-11-16-24(38)34-20(2)27(42-31(25)41)21-13-8-7-9-14-21/h7-10,12-15,17,20,22-23,25-28,37H,6,11,16,18-19H2,1-5H3,(H,34,38)/b15-10-/t20-,22+,23-,25+,26+,27+,28-,33+/m1/s1. The van der Waals surface area contributed by atoms with Gasteiger partial charge in [-0.15, -0.1) is 0 Å². The molecule has 4 aliphatic heterocycles. The summed E-state index contributed by atoms with van der Waals surface area (Å²) in [5, 5.41) is 13.3. The SMILES string of the molecule is CC[C@@H](CO)N1C(=O)[C@@H]2[C@H]3C(=O)O[C@H](c4ccccc4)[C@@H](C)NC(=O)CC/C=C\[C@H]3O[C@@]23C=CCN(C(C)(C)C)C(=O)[C@@H]13. The summed E-state index contributed by atoms with van der Waals surface area (Å²) < 4.78 is 12.9. The van der Waals surface area contributed by atoms with Crippen molar-refractivity contribution in [2.75, 3.05) is 13.2 Å². The number of hydrogen-bond donors (Lipinski definition) is 2. The number of rotatable bonds is 4. The third kappa shape index (κ3) is 5.40. The Kier molecular flexibility index (Phi) is 8.55. The van der Waals surface area contributed by atoms with Crippen LogP contribution in [0.15, 0.2) is 54.6 Å². The Hall–Kier alpha value is -3.50. The van der Waals surface area contributed by atoms with Crippen LogP contribution >= 0.6 is 0 Å². The van der Waals surface area contributed by atoms with Crippen LogP contribution in [0.2, 0.25) is 0 Å². The molecule has 0 aliphatic carbocycles. The number of carbonyl (C=O) groups excluding carboxylic acids is 4. The molecule has 10 nitrogen and oxygen atoms in total. The zero-order valence-electron chi connectivity index (χ0n) is 25.6.